The van der Waals surface area contributed by atoms with Crippen molar-refractivity contribution in [3.05, 3.63) is 0 Å². The number of ether oxygens (including phenoxy) is 3. The average Bonchev–Trinajstić information content (AvgIpc) is 2.37. The average molecular weight is 262 g/mol. The number of hydrogen-bond donors (Lipinski definition) is 1. The summed E-state index contributed by atoms with van der Waals surface area (Å²) in [5.41, 5.74) is 0. The van der Waals surface area contributed by atoms with Crippen molar-refractivity contribution in [2.24, 2.45) is 0 Å². The highest BCUT2D eigenvalue weighted by molar-refractivity contribution is 4.67. The lowest BCUT2D eigenvalue weighted by molar-refractivity contribution is 0.0750. The van der Waals surface area contributed by atoms with E-state index in [1.165, 1.54) is 0 Å². The fourth-order valence-electron chi connectivity index (χ4n) is 1.74. The van der Waals surface area contributed by atoms with Crippen LogP contribution in [0.25, 0.3) is 0 Å². The number of hydrogen-bond acceptors (Lipinski definition) is 5. The monoisotopic (exact) mass is 262 g/mol. The summed E-state index contributed by atoms with van der Waals surface area (Å²) in [4.78, 5) is 2.38. The predicted molar refractivity (Wildman–Crippen MR) is 74.1 cm³/mol. The molecule has 0 saturated heterocycles. The summed E-state index contributed by atoms with van der Waals surface area (Å²) in [5, 5.41) is 3.38. The topological polar surface area (TPSA) is 43.0 Å². The van der Waals surface area contributed by atoms with E-state index in [1.54, 1.807) is 14.2 Å². The molecule has 0 aromatic heterocycles. The quantitative estimate of drug-likeness (QED) is 0.492. The molecule has 0 aromatic carbocycles. The first-order valence-electron chi connectivity index (χ1n) is 6.76. The van der Waals surface area contributed by atoms with Crippen LogP contribution in [0.4, 0.5) is 0 Å². The van der Waals surface area contributed by atoms with E-state index < -0.39 is 0 Å². The Morgan fingerprint density at radius 2 is 1.83 bits per heavy atom. The largest absolute Gasteiger partial charge is 0.383 e. The van der Waals surface area contributed by atoms with Gasteiger partial charge in [-0.1, -0.05) is 0 Å². The van der Waals surface area contributed by atoms with E-state index in [1.807, 2.05) is 6.92 Å². The maximum atomic E-state index is 5.28. The maximum absolute atomic E-state index is 5.28. The third-order valence-electron chi connectivity index (χ3n) is 2.82. The smallest absolute Gasteiger partial charge is 0.0615 e. The van der Waals surface area contributed by atoms with Gasteiger partial charge in [-0.2, -0.15) is 0 Å². The molecule has 0 amide bonds. The minimum atomic E-state index is 0.416. The van der Waals surface area contributed by atoms with Crippen LogP contribution >= 0.6 is 0 Å². The zero-order valence-electron chi connectivity index (χ0n) is 12.4. The molecule has 1 atom stereocenters. The van der Waals surface area contributed by atoms with Crippen molar-refractivity contribution in [3.8, 4) is 0 Å². The molecule has 5 heteroatoms. The highest BCUT2D eigenvalue weighted by Crippen LogP contribution is 1.98. The second-order valence-electron chi connectivity index (χ2n) is 4.28. The van der Waals surface area contributed by atoms with Gasteiger partial charge in [-0.25, -0.2) is 0 Å². The van der Waals surface area contributed by atoms with E-state index in [4.69, 9.17) is 14.2 Å². The van der Waals surface area contributed by atoms with E-state index in [9.17, 15) is 0 Å². The third kappa shape index (κ3) is 9.79. The van der Waals surface area contributed by atoms with Gasteiger partial charge in [0.25, 0.3) is 0 Å². The molecule has 110 valence electrons. The molecule has 0 bridgehead atoms. The van der Waals surface area contributed by atoms with Crippen LogP contribution in [0.1, 0.15) is 13.8 Å². The van der Waals surface area contributed by atoms with Gasteiger partial charge in [-0.15, -0.1) is 0 Å². The van der Waals surface area contributed by atoms with Gasteiger partial charge in [0, 0.05) is 53.0 Å². The zero-order chi connectivity index (χ0) is 13.6. The van der Waals surface area contributed by atoms with Crippen molar-refractivity contribution in [3.63, 3.8) is 0 Å². The summed E-state index contributed by atoms with van der Waals surface area (Å²) in [6.45, 7) is 11.1. The maximum Gasteiger partial charge on any atom is 0.0615 e. The molecule has 18 heavy (non-hydrogen) atoms. The normalized spacial score (nSPS) is 13.2. The molecule has 0 radical (unpaired) electrons. The molecule has 0 aliphatic carbocycles. The van der Waals surface area contributed by atoms with Gasteiger partial charge in [0.15, 0.2) is 0 Å². The zero-order valence-corrected chi connectivity index (χ0v) is 12.4. The highest BCUT2D eigenvalue weighted by Gasteiger charge is 2.12. The standard InChI is InChI=1S/C13H30N2O3/c1-5-18-10-7-14-6-8-15(9-11-16-3)13(2)12-17-4/h13-14H,5-12H2,1-4H3. The second-order valence-corrected chi connectivity index (χ2v) is 4.28. The van der Waals surface area contributed by atoms with Crippen molar-refractivity contribution in [1.82, 2.24) is 10.2 Å². The van der Waals surface area contributed by atoms with Crippen molar-refractivity contribution >= 4 is 0 Å². The number of nitrogens with one attached hydrogen (secondary N) is 1. The molecule has 0 saturated carbocycles. The fraction of sp³-hybridized carbons (Fsp3) is 1.00. The first kappa shape index (κ1) is 17.8. The highest BCUT2D eigenvalue weighted by atomic mass is 16.5. The van der Waals surface area contributed by atoms with Gasteiger partial charge in [-0.05, 0) is 13.8 Å². The molecule has 0 rings (SSSR count). The fourth-order valence-corrected chi connectivity index (χ4v) is 1.74. The molecular weight excluding hydrogens is 232 g/mol. The van der Waals surface area contributed by atoms with E-state index in [2.05, 4.69) is 17.1 Å². The summed E-state index contributed by atoms with van der Waals surface area (Å²) >= 11 is 0. The lowest BCUT2D eigenvalue weighted by atomic mass is 10.3. The predicted octanol–water partition coefficient (Wildman–Crippen LogP) is 0.596. The van der Waals surface area contributed by atoms with Gasteiger partial charge < -0.3 is 19.5 Å². The Hall–Kier alpha value is -0.200. The molecule has 0 heterocycles. The van der Waals surface area contributed by atoms with Crippen LogP contribution in [0.5, 0.6) is 0 Å². The minimum absolute atomic E-state index is 0.416. The first-order valence-corrected chi connectivity index (χ1v) is 6.76. The summed E-state index contributed by atoms with van der Waals surface area (Å²) in [6, 6.07) is 0.416. The van der Waals surface area contributed by atoms with Crippen LogP contribution in [-0.4, -0.2) is 77.8 Å². The summed E-state index contributed by atoms with van der Waals surface area (Å²) in [7, 11) is 3.48. The van der Waals surface area contributed by atoms with Crippen LogP contribution in [0.15, 0.2) is 0 Å². The van der Waals surface area contributed by atoms with E-state index >= 15 is 0 Å². The Kier molecular flexibility index (Phi) is 13.1. The summed E-state index contributed by atoms with van der Waals surface area (Å²) in [5.74, 6) is 0. The van der Waals surface area contributed by atoms with Gasteiger partial charge in [-0.3, -0.25) is 4.90 Å². The van der Waals surface area contributed by atoms with Crippen molar-refractivity contribution in [2.75, 3.05) is 66.8 Å². The SMILES string of the molecule is CCOCCNCCN(CCOC)C(C)COC. The van der Waals surface area contributed by atoms with E-state index in [-0.39, 0.29) is 0 Å². The molecule has 0 aliphatic heterocycles. The Morgan fingerprint density at radius 1 is 1.06 bits per heavy atom. The second kappa shape index (κ2) is 13.2. The molecule has 1 N–H and O–H groups in total. The van der Waals surface area contributed by atoms with Crippen LogP contribution in [0.3, 0.4) is 0 Å². The van der Waals surface area contributed by atoms with Crippen LogP contribution < -0.4 is 5.32 Å². The van der Waals surface area contributed by atoms with Crippen LogP contribution in [0.2, 0.25) is 0 Å². The van der Waals surface area contributed by atoms with Crippen LogP contribution in [-0.2, 0) is 14.2 Å². The number of methoxy groups -OCH3 is 2. The van der Waals surface area contributed by atoms with Gasteiger partial charge in [0.05, 0.1) is 19.8 Å². The molecule has 5 nitrogen and oxygen atoms in total. The Labute approximate surface area is 112 Å². The lowest BCUT2D eigenvalue weighted by Crippen LogP contribution is -2.42. The van der Waals surface area contributed by atoms with Crippen molar-refractivity contribution in [1.29, 1.82) is 0 Å². The Bertz CT molecular complexity index is 170. The minimum Gasteiger partial charge on any atom is -0.383 e. The molecule has 0 aliphatic rings. The third-order valence-corrected chi connectivity index (χ3v) is 2.82. The van der Waals surface area contributed by atoms with E-state index in [0.717, 1.165) is 52.6 Å². The molecule has 0 spiro atoms. The molecule has 0 aromatic rings. The van der Waals surface area contributed by atoms with Crippen molar-refractivity contribution < 1.29 is 14.2 Å². The van der Waals surface area contributed by atoms with Gasteiger partial charge in [0.2, 0.25) is 0 Å². The van der Waals surface area contributed by atoms with Gasteiger partial charge >= 0.3 is 0 Å². The lowest BCUT2D eigenvalue weighted by Gasteiger charge is -2.28. The number of nitrogens with zero attached hydrogens (tertiary/aromatic N) is 1. The van der Waals surface area contributed by atoms with E-state index in [0.29, 0.717) is 6.04 Å². The first-order chi connectivity index (χ1) is 8.76. The number of rotatable bonds is 13. The summed E-state index contributed by atoms with van der Waals surface area (Å²) in [6.07, 6.45) is 0. The molecule has 1 unspecified atom stereocenters. The van der Waals surface area contributed by atoms with Crippen LogP contribution in [0, 0.1) is 0 Å². The Balaban J connectivity index is 3.71. The summed E-state index contributed by atoms with van der Waals surface area (Å²) < 4.78 is 15.6. The van der Waals surface area contributed by atoms with Crippen molar-refractivity contribution in [2.45, 2.75) is 19.9 Å². The molecular formula is C13H30N2O3. The molecule has 0 fully saturated rings. The Morgan fingerprint density at radius 3 is 2.44 bits per heavy atom. The van der Waals surface area contributed by atoms with Gasteiger partial charge in [0.1, 0.15) is 0 Å².